The molecule has 2 saturated heterocycles. The van der Waals surface area contributed by atoms with Crippen molar-refractivity contribution in [3.05, 3.63) is 18.7 Å². The Morgan fingerprint density at radius 3 is 2.29 bits per heavy atom. The fourth-order valence-electron chi connectivity index (χ4n) is 4.87. The molecule has 3 unspecified atom stereocenters. The fourth-order valence-corrected chi connectivity index (χ4v) is 4.87. The zero-order chi connectivity index (χ0) is 20.1. The van der Waals surface area contributed by atoms with Crippen LogP contribution in [0.25, 0.3) is 0 Å². The van der Waals surface area contributed by atoms with E-state index in [1.807, 2.05) is 7.05 Å². The van der Waals surface area contributed by atoms with Gasteiger partial charge in [0.25, 0.3) is 0 Å². The smallest absolute Gasteiger partial charge is 0.243 e. The van der Waals surface area contributed by atoms with E-state index in [-0.39, 0.29) is 18.0 Å². The number of imidazole rings is 1. The molecule has 156 valence electrons. The molecule has 3 rings (SSSR count). The van der Waals surface area contributed by atoms with E-state index in [0.29, 0.717) is 24.8 Å². The lowest BCUT2D eigenvalue weighted by atomic mass is 9.96. The van der Waals surface area contributed by atoms with Crippen LogP contribution < -0.4 is 4.57 Å². The third kappa shape index (κ3) is 4.95. The summed E-state index contributed by atoms with van der Waals surface area (Å²) in [7, 11) is 2.03. The summed E-state index contributed by atoms with van der Waals surface area (Å²) >= 11 is 0. The molecule has 0 spiro atoms. The molecule has 0 aliphatic carbocycles. The van der Waals surface area contributed by atoms with E-state index in [2.05, 4.69) is 51.5 Å². The van der Waals surface area contributed by atoms with E-state index < -0.39 is 0 Å². The van der Waals surface area contributed by atoms with Crippen LogP contribution in [0.3, 0.4) is 0 Å². The maximum absolute atomic E-state index is 12.7. The molecule has 2 fully saturated rings. The minimum Gasteiger partial charge on any atom is -0.340 e. The highest BCUT2D eigenvalue weighted by Crippen LogP contribution is 2.28. The molecule has 3 heterocycles. The number of hydrogen-bond acceptors (Lipinski definition) is 2. The molecule has 28 heavy (non-hydrogen) atoms. The lowest BCUT2D eigenvalue weighted by Gasteiger charge is -2.37. The summed E-state index contributed by atoms with van der Waals surface area (Å²) in [5.74, 6) is 0.591. The van der Waals surface area contributed by atoms with Crippen LogP contribution >= 0.6 is 0 Å². The standard InChI is InChI=1S/C22H37N4O2/c1-4-19(25-11-7-5-6-9-21(25)27)16-20(26-12-8-10-22(26)28)15-18(2)24-14-13-23(3)17-24/h13-14,17-20H,4-12,15-16H2,1-3H3/q+1. The molecule has 2 aliphatic rings. The molecule has 0 bridgehead atoms. The van der Waals surface area contributed by atoms with Gasteiger partial charge in [-0.1, -0.05) is 13.3 Å². The number of hydrogen-bond donors (Lipinski definition) is 0. The Morgan fingerprint density at radius 1 is 0.964 bits per heavy atom. The molecular formula is C22H37N4O2+. The van der Waals surface area contributed by atoms with Crippen molar-refractivity contribution in [1.82, 2.24) is 14.4 Å². The van der Waals surface area contributed by atoms with Crippen molar-refractivity contribution >= 4 is 11.8 Å². The first-order valence-electron chi connectivity index (χ1n) is 11.1. The Bertz CT molecular complexity index is 671. The average Bonchev–Trinajstić information content (AvgIpc) is 3.24. The second-order valence-corrected chi connectivity index (χ2v) is 8.65. The largest absolute Gasteiger partial charge is 0.340 e. The van der Waals surface area contributed by atoms with Gasteiger partial charge in [0.1, 0.15) is 12.4 Å². The second kappa shape index (κ2) is 9.57. The summed E-state index contributed by atoms with van der Waals surface area (Å²) in [6.07, 6.45) is 14.6. The number of carbonyl (C=O) groups excluding carboxylic acids is 2. The Kier molecular flexibility index (Phi) is 7.13. The minimum absolute atomic E-state index is 0.193. The van der Waals surface area contributed by atoms with Gasteiger partial charge in [-0.25, -0.2) is 9.13 Å². The van der Waals surface area contributed by atoms with Crippen LogP contribution in [0.5, 0.6) is 0 Å². The van der Waals surface area contributed by atoms with Gasteiger partial charge in [0.2, 0.25) is 18.1 Å². The molecule has 2 aliphatic heterocycles. The molecule has 6 heteroatoms. The molecule has 2 amide bonds. The van der Waals surface area contributed by atoms with Crippen LogP contribution in [0.15, 0.2) is 18.7 Å². The van der Waals surface area contributed by atoms with Crippen LogP contribution in [0.1, 0.15) is 77.7 Å². The number of aryl methyl sites for hydroxylation is 1. The molecule has 0 radical (unpaired) electrons. The number of aromatic nitrogens is 2. The van der Waals surface area contributed by atoms with Crippen molar-refractivity contribution in [3.8, 4) is 0 Å². The monoisotopic (exact) mass is 389 g/mol. The van der Waals surface area contributed by atoms with Crippen molar-refractivity contribution in [2.75, 3.05) is 13.1 Å². The predicted molar refractivity (Wildman–Crippen MR) is 109 cm³/mol. The SMILES string of the molecule is CCC(CC(CC(C)n1cc[n+](C)c1)N1CCCC1=O)N1CCCCCC1=O. The molecule has 6 nitrogen and oxygen atoms in total. The van der Waals surface area contributed by atoms with E-state index >= 15 is 0 Å². The first-order chi connectivity index (χ1) is 13.5. The minimum atomic E-state index is 0.193. The van der Waals surface area contributed by atoms with E-state index in [4.69, 9.17) is 0 Å². The maximum atomic E-state index is 12.7. The highest BCUT2D eigenvalue weighted by Gasteiger charge is 2.34. The van der Waals surface area contributed by atoms with Crippen LogP contribution in [-0.2, 0) is 16.6 Å². The van der Waals surface area contributed by atoms with Crippen molar-refractivity contribution < 1.29 is 14.2 Å². The van der Waals surface area contributed by atoms with Gasteiger partial charge in [-0.2, -0.15) is 0 Å². The number of nitrogens with zero attached hydrogens (tertiary/aromatic N) is 4. The van der Waals surface area contributed by atoms with Crippen LogP contribution in [0, 0.1) is 0 Å². The predicted octanol–water partition coefficient (Wildman–Crippen LogP) is 2.83. The van der Waals surface area contributed by atoms with Gasteiger partial charge in [0.05, 0.1) is 13.1 Å². The lowest BCUT2D eigenvalue weighted by molar-refractivity contribution is -0.671. The number of amides is 2. The Balaban J connectivity index is 1.75. The van der Waals surface area contributed by atoms with Crippen LogP contribution in [0.4, 0.5) is 0 Å². The molecule has 1 aromatic rings. The van der Waals surface area contributed by atoms with Gasteiger partial charge in [-0.3, -0.25) is 9.59 Å². The zero-order valence-corrected chi connectivity index (χ0v) is 17.8. The van der Waals surface area contributed by atoms with E-state index in [1.54, 1.807) is 0 Å². The third-order valence-electron chi connectivity index (χ3n) is 6.53. The molecule has 0 N–H and O–H groups in total. The molecule has 0 aromatic carbocycles. The highest BCUT2D eigenvalue weighted by atomic mass is 16.2. The summed E-state index contributed by atoms with van der Waals surface area (Å²) in [6.45, 7) is 6.15. The molecule has 0 saturated carbocycles. The molecule has 3 atom stereocenters. The second-order valence-electron chi connectivity index (χ2n) is 8.65. The van der Waals surface area contributed by atoms with Gasteiger partial charge in [0, 0.05) is 44.4 Å². The average molecular weight is 390 g/mol. The van der Waals surface area contributed by atoms with E-state index in [1.165, 1.54) is 0 Å². The maximum Gasteiger partial charge on any atom is 0.243 e. The van der Waals surface area contributed by atoms with E-state index in [0.717, 1.165) is 58.0 Å². The summed E-state index contributed by atoms with van der Waals surface area (Å²) in [5.41, 5.74) is 0. The quantitative estimate of drug-likeness (QED) is 0.642. The Labute approximate surface area is 169 Å². The molecule has 1 aromatic heterocycles. The highest BCUT2D eigenvalue weighted by molar-refractivity contribution is 5.78. The summed E-state index contributed by atoms with van der Waals surface area (Å²) in [4.78, 5) is 29.4. The molecular weight excluding hydrogens is 352 g/mol. The van der Waals surface area contributed by atoms with Gasteiger partial charge in [0.15, 0.2) is 0 Å². The van der Waals surface area contributed by atoms with Gasteiger partial charge in [-0.15, -0.1) is 0 Å². The Morgan fingerprint density at radius 2 is 1.64 bits per heavy atom. The van der Waals surface area contributed by atoms with Crippen molar-refractivity contribution in [2.45, 2.75) is 89.8 Å². The zero-order valence-electron chi connectivity index (χ0n) is 17.8. The van der Waals surface area contributed by atoms with Crippen molar-refractivity contribution in [2.24, 2.45) is 7.05 Å². The van der Waals surface area contributed by atoms with Gasteiger partial charge >= 0.3 is 0 Å². The third-order valence-corrected chi connectivity index (χ3v) is 6.53. The number of carbonyl (C=O) groups is 2. The summed E-state index contributed by atoms with van der Waals surface area (Å²) in [6, 6.07) is 0.743. The Hall–Kier alpha value is -1.85. The summed E-state index contributed by atoms with van der Waals surface area (Å²) in [5, 5.41) is 0. The van der Waals surface area contributed by atoms with E-state index in [9.17, 15) is 9.59 Å². The first kappa shape index (κ1) is 20.9. The topological polar surface area (TPSA) is 49.4 Å². The summed E-state index contributed by atoms with van der Waals surface area (Å²) < 4.78 is 4.28. The van der Waals surface area contributed by atoms with Crippen LogP contribution in [0.2, 0.25) is 0 Å². The first-order valence-corrected chi connectivity index (χ1v) is 11.1. The van der Waals surface area contributed by atoms with Crippen molar-refractivity contribution in [1.29, 1.82) is 0 Å². The fraction of sp³-hybridized carbons (Fsp3) is 0.773. The number of rotatable bonds is 8. The van der Waals surface area contributed by atoms with Crippen LogP contribution in [-0.4, -0.2) is 51.4 Å². The lowest BCUT2D eigenvalue weighted by Crippen LogP contribution is -2.46. The van der Waals surface area contributed by atoms with Crippen molar-refractivity contribution in [3.63, 3.8) is 0 Å². The normalized spacial score (nSPS) is 21.7. The van der Waals surface area contributed by atoms with Gasteiger partial charge < -0.3 is 9.80 Å². The van der Waals surface area contributed by atoms with Gasteiger partial charge in [-0.05, 0) is 39.0 Å². The number of likely N-dealkylation sites (tertiary alicyclic amines) is 2.